The normalized spacial score (nSPS) is 28.5. The minimum Gasteiger partial charge on any atom is -0.379 e. The lowest BCUT2D eigenvalue weighted by atomic mass is 9.76. The lowest BCUT2D eigenvalue weighted by Gasteiger charge is -2.46. The SMILES string of the molecule is COC(C)(C)CC(NN)C1CCOC2(CCSCC2)C1. The van der Waals surface area contributed by atoms with Gasteiger partial charge in [-0.1, -0.05) is 0 Å². The average molecular weight is 302 g/mol. The van der Waals surface area contributed by atoms with E-state index in [0.29, 0.717) is 12.0 Å². The molecule has 0 aromatic rings. The Morgan fingerprint density at radius 2 is 2.15 bits per heavy atom. The summed E-state index contributed by atoms with van der Waals surface area (Å²) in [5.74, 6) is 8.89. The maximum Gasteiger partial charge on any atom is 0.0701 e. The Bertz CT molecular complexity index is 301. The van der Waals surface area contributed by atoms with Crippen LogP contribution >= 0.6 is 11.8 Å². The first-order chi connectivity index (χ1) is 9.50. The number of methoxy groups -OCH3 is 1. The lowest BCUT2D eigenvalue weighted by Crippen LogP contribution is -2.52. The highest BCUT2D eigenvalue weighted by molar-refractivity contribution is 7.99. The molecule has 0 bridgehead atoms. The van der Waals surface area contributed by atoms with E-state index in [2.05, 4.69) is 31.0 Å². The molecule has 0 radical (unpaired) electrons. The standard InChI is InChI=1S/C15H30N2O2S/c1-14(2,18-3)11-13(17-16)12-4-7-19-15(10-12)5-8-20-9-6-15/h12-13,17H,4-11,16H2,1-3H3. The first-order valence-corrected chi connectivity index (χ1v) is 8.89. The van der Waals surface area contributed by atoms with E-state index in [9.17, 15) is 0 Å². The van der Waals surface area contributed by atoms with Gasteiger partial charge in [-0.3, -0.25) is 11.3 Å². The summed E-state index contributed by atoms with van der Waals surface area (Å²) >= 11 is 2.05. The van der Waals surface area contributed by atoms with Crippen molar-refractivity contribution in [2.24, 2.45) is 11.8 Å². The zero-order valence-electron chi connectivity index (χ0n) is 13.1. The molecule has 4 nitrogen and oxygen atoms in total. The van der Waals surface area contributed by atoms with Crippen LogP contribution < -0.4 is 11.3 Å². The van der Waals surface area contributed by atoms with Gasteiger partial charge in [0, 0.05) is 19.8 Å². The van der Waals surface area contributed by atoms with E-state index in [-0.39, 0.29) is 11.2 Å². The third-order valence-electron chi connectivity index (χ3n) is 4.98. The van der Waals surface area contributed by atoms with Crippen LogP contribution in [0, 0.1) is 5.92 Å². The predicted octanol–water partition coefficient (Wildman–Crippen LogP) is 2.33. The Kier molecular flexibility index (Phi) is 5.77. The van der Waals surface area contributed by atoms with Crippen molar-refractivity contribution in [3.63, 3.8) is 0 Å². The van der Waals surface area contributed by atoms with Crippen molar-refractivity contribution in [2.75, 3.05) is 25.2 Å². The summed E-state index contributed by atoms with van der Waals surface area (Å²) in [6.45, 7) is 5.13. The molecule has 118 valence electrons. The molecule has 0 aromatic carbocycles. The zero-order valence-corrected chi connectivity index (χ0v) is 13.9. The summed E-state index contributed by atoms with van der Waals surface area (Å²) in [6, 6.07) is 0.306. The molecule has 2 heterocycles. The summed E-state index contributed by atoms with van der Waals surface area (Å²) in [7, 11) is 1.78. The van der Waals surface area contributed by atoms with Crippen LogP contribution in [-0.2, 0) is 9.47 Å². The average Bonchev–Trinajstić information content (AvgIpc) is 2.46. The molecule has 20 heavy (non-hydrogen) atoms. The maximum atomic E-state index is 6.17. The van der Waals surface area contributed by atoms with Gasteiger partial charge in [-0.15, -0.1) is 0 Å². The third-order valence-corrected chi connectivity index (χ3v) is 5.97. The molecular weight excluding hydrogens is 272 g/mol. The second kappa shape index (κ2) is 6.97. The minimum atomic E-state index is -0.134. The molecule has 5 heteroatoms. The highest BCUT2D eigenvalue weighted by Gasteiger charge is 2.41. The molecule has 2 rings (SSSR count). The topological polar surface area (TPSA) is 56.5 Å². The van der Waals surface area contributed by atoms with Crippen LogP contribution in [0.3, 0.4) is 0 Å². The van der Waals surface area contributed by atoms with Gasteiger partial charge in [0.25, 0.3) is 0 Å². The lowest BCUT2D eigenvalue weighted by molar-refractivity contribution is -0.111. The minimum absolute atomic E-state index is 0.125. The van der Waals surface area contributed by atoms with Gasteiger partial charge >= 0.3 is 0 Å². The fourth-order valence-corrected chi connectivity index (χ4v) is 4.71. The van der Waals surface area contributed by atoms with Gasteiger partial charge in [-0.05, 0) is 63.4 Å². The van der Waals surface area contributed by atoms with E-state index in [4.69, 9.17) is 15.3 Å². The number of rotatable bonds is 5. The first-order valence-electron chi connectivity index (χ1n) is 7.73. The molecule has 2 atom stereocenters. The van der Waals surface area contributed by atoms with Gasteiger partial charge in [-0.25, -0.2) is 0 Å². The highest BCUT2D eigenvalue weighted by Crippen LogP contribution is 2.41. The molecule has 0 aliphatic carbocycles. The molecule has 2 fully saturated rings. The van der Waals surface area contributed by atoms with Crippen molar-refractivity contribution in [1.29, 1.82) is 0 Å². The summed E-state index contributed by atoms with van der Waals surface area (Å²) in [6.07, 6.45) is 5.57. The van der Waals surface area contributed by atoms with E-state index in [1.54, 1.807) is 7.11 Å². The molecule has 0 saturated carbocycles. The second-order valence-corrected chi connectivity index (χ2v) is 8.06. The van der Waals surface area contributed by atoms with Gasteiger partial charge in [0.2, 0.25) is 0 Å². The summed E-state index contributed by atoms with van der Waals surface area (Å²) in [5.41, 5.74) is 3.03. The van der Waals surface area contributed by atoms with E-state index >= 15 is 0 Å². The van der Waals surface area contributed by atoms with Gasteiger partial charge in [0.1, 0.15) is 0 Å². The number of nitrogens with one attached hydrogen (secondary N) is 1. The van der Waals surface area contributed by atoms with Crippen molar-refractivity contribution < 1.29 is 9.47 Å². The Morgan fingerprint density at radius 1 is 1.45 bits per heavy atom. The fourth-order valence-electron chi connectivity index (χ4n) is 3.48. The van der Waals surface area contributed by atoms with Gasteiger partial charge in [0.15, 0.2) is 0 Å². The van der Waals surface area contributed by atoms with Crippen molar-refractivity contribution in [1.82, 2.24) is 5.43 Å². The molecule has 2 aliphatic rings. The molecule has 2 unspecified atom stereocenters. The Labute approximate surface area is 127 Å². The Hall–Kier alpha value is 0.190. The smallest absolute Gasteiger partial charge is 0.0701 e. The number of hydrogen-bond acceptors (Lipinski definition) is 5. The summed E-state index contributed by atoms with van der Waals surface area (Å²) in [5, 5.41) is 0. The van der Waals surface area contributed by atoms with Gasteiger partial charge in [-0.2, -0.15) is 11.8 Å². The maximum absolute atomic E-state index is 6.17. The van der Waals surface area contributed by atoms with E-state index in [1.165, 1.54) is 24.3 Å². The van der Waals surface area contributed by atoms with Crippen LogP contribution in [0.4, 0.5) is 0 Å². The monoisotopic (exact) mass is 302 g/mol. The highest BCUT2D eigenvalue weighted by atomic mass is 32.2. The quantitative estimate of drug-likeness (QED) is 0.603. The molecular formula is C15H30N2O2S. The number of nitrogens with two attached hydrogens (primary N) is 1. The Balaban J connectivity index is 1.98. The van der Waals surface area contributed by atoms with Crippen LogP contribution in [0.15, 0.2) is 0 Å². The molecule has 2 aliphatic heterocycles. The van der Waals surface area contributed by atoms with Crippen molar-refractivity contribution >= 4 is 11.8 Å². The first kappa shape index (κ1) is 16.6. The summed E-state index contributed by atoms with van der Waals surface area (Å²) in [4.78, 5) is 0. The molecule has 2 saturated heterocycles. The number of hydrogen-bond donors (Lipinski definition) is 2. The number of hydrazine groups is 1. The van der Waals surface area contributed by atoms with Crippen LogP contribution in [-0.4, -0.2) is 42.5 Å². The van der Waals surface area contributed by atoms with E-state index in [0.717, 1.165) is 25.9 Å². The number of ether oxygens (including phenoxy) is 2. The summed E-state index contributed by atoms with van der Waals surface area (Å²) < 4.78 is 11.7. The van der Waals surface area contributed by atoms with E-state index in [1.807, 2.05) is 0 Å². The molecule has 3 N–H and O–H groups in total. The van der Waals surface area contributed by atoms with Crippen LogP contribution in [0.1, 0.15) is 46.0 Å². The molecule has 0 aromatic heterocycles. The van der Waals surface area contributed by atoms with Crippen LogP contribution in [0.2, 0.25) is 0 Å². The van der Waals surface area contributed by atoms with Crippen molar-refractivity contribution in [3.8, 4) is 0 Å². The second-order valence-electron chi connectivity index (χ2n) is 6.84. The predicted molar refractivity (Wildman–Crippen MR) is 84.8 cm³/mol. The van der Waals surface area contributed by atoms with Crippen LogP contribution in [0.25, 0.3) is 0 Å². The van der Waals surface area contributed by atoms with Gasteiger partial charge < -0.3 is 9.47 Å². The molecule has 0 amide bonds. The fraction of sp³-hybridized carbons (Fsp3) is 1.00. The van der Waals surface area contributed by atoms with Crippen molar-refractivity contribution in [3.05, 3.63) is 0 Å². The van der Waals surface area contributed by atoms with E-state index < -0.39 is 0 Å². The zero-order chi connectivity index (χ0) is 14.6. The largest absolute Gasteiger partial charge is 0.379 e. The third kappa shape index (κ3) is 4.10. The van der Waals surface area contributed by atoms with Crippen molar-refractivity contribution in [2.45, 2.75) is 63.2 Å². The van der Waals surface area contributed by atoms with Gasteiger partial charge in [0.05, 0.1) is 11.2 Å². The number of thioether (sulfide) groups is 1. The Morgan fingerprint density at radius 3 is 2.75 bits per heavy atom. The molecule has 1 spiro atoms. The van der Waals surface area contributed by atoms with Crippen LogP contribution in [0.5, 0.6) is 0 Å².